The van der Waals surface area contributed by atoms with E-state index in [4.69, 9.17) is 15.4 Å². The summed E-state index contributed by atoms with van der Waals surface area (Å²) in [6.07, 6.45) is 1.38. The molecular weight excluding hydrogens is 478 g/mol. The largest absolute Gasteiger partial charge is 0.481 e. The minimum Gasteiger partial charge on any atom is -0.481 e. The van der Waals surface area contributed by atoms with Crippen LogP contribution in [0.5, 0.6) is 0 Å². The molecule has 0 spiro atoms. The lowest BCUT2D eigenvalue weighted by molar-refractivity contribution is -0.139. The smallest absolute Gasteiger partial charge is 0.305 e. The van der Waals surface area contributed by atoms with E-state index in [1.165, 1.54) is 12.1 Å². The predicted molar refractivity (Wildman–Crippen MR) is 129 cm³/mol. The summed E-state index contributed by atoms with van der Waals surface area (Å²) in [7, 11) is -4.02. The van der Waals surface area contributed by atoms with Gasteiger partial charge in [-0.15, -0.1) is 0 Å². The lowest BCUT2D eigenvalue weighted by Crippen LogP contribution is -2.58. The van der Waals surface area contributed by atoms with Gasteiger partial charge in [0.1, 0.15) is 6.04 Å². The molecule has 2 amide bonds. The number of carbonyl (C=O) groups is 3. The van der Waals surface area contributed by atoms with Gasteiger partial charge < -0.3 is 26.6 Å². The summed E-state index contributed by atoms with van der Waals surface area (Å²) in [4.78, 5) is 34.8. The standard InChI is InChI=1S/C16H29N3O5.C7H8O3S/c1-15(2)5-6-16(3,4)14(15)19-13(24)10(8-20)18-12(23)9(17)7-11(21)22;1-6-2-4-7(5-3-6)11(8,9)10/h9-10,14,20H,5-8,17H2,1-4H3,(H,18,23)(H,19,24)(H,21,22);2-5H,1H3,(H,8,9,10)/t9-,10+;/m0./s1. The van der Waals surface area contributed by atoms with Crippen molar-refractivity contribution in [3.63, 3.8) is 0 Å². The van der Waals surface area contributed by atoms with Crippen LogP contribution in [-0.4, -0.2) is 65.7 Å². The van der Waals surface area contributed by atoms with Crippen LogP contribution >= 0.6 is 0 Å². The number of aliphatic hydroxyl groups excluding tert-OH is 1. The normalized spacial score (nSPS) is 18.5. The number of carboxylic acids is 1. The van der Waals surface area contributed by atoms with E-state index in [1.54, 1.807) is 12.1 Å². The molecule has 1 aliphatic carbocycles. The van der Waals surface area contributed by atoms with Crippen molar-refractivity contribution in [3.05, 3.63) is 29.8 Å². The highest BCUT2D eigenvalue weighted by Crippen LogP contribution is 2.48. The van der Waals surface area contributed by atoms with Crippen LogP contribution in [0.4, 0.5) is 0 Å². The van der Waals surface area contributed by atoms with Crippen LogP contribution < -0.4 is 16.4 Å². The van der Waals surface area contributed by atoms with Crippen molar-refractivity contribution in [2.24, 2.45) is 16.6 Å². The Bertz CT molecular complexity index is 990. The van der Waals surface area contributed by atoms with Crippen molar-refractivity contribution < 1.29 is 37.6 Å². The molecule has 35 heavy (non-hydrogen) atoms. The predicted octanol–water partition coefficient (Wildman–Crippen LogP) is 0.838. The minimum absolute atomic E-state index is 0.0666. The van der Waals surface area contributed by atoms with E-state index in [0.29, 0.717) is 0 Å². The van der Waals surface area contributed by atoms with Crippen LogP contribution in [0.15, 0.2) is 29.2 Å². The summed E-state index contributed by atoms with van der Waals surface area (Å²) in [5.41, 5.74) is 6.23. The molecule has 2 atom stereocenters. The molecule has 11 nitrogen and oxygen atoms in total. The fraction of sp³-hybridized carbons (Fsp3) is 0.609. The molecule has 0 unspecified atom stereocenters. The molecule has 0 aliphatic heterocycles. The highest BCUT2D eigenvalue weighted by Gasteiger charge is 2.48. The number of carboxylic acid groups (broad SMARTS) is 1. The summed E-state index contributed by atoms with van der Waals surface area (Å²) >= 11 is 0. The SMILES string of the molecule is CC1(C)CCC(C)(C)C1NC(=O)[C@@H](CO)NC(=O)[C@@H](N)CC(=O)O.Cc1ccc(S(=O)(=O)O)cc1. The lowest BCUT2D eigenvalue weighted by Gasteiger charge is -2.37. The maximum absolute atomic E-state index is 12.4. The van der Waals surface area contributed by atoms with Crippen molar-refractivity contribution >= 4 is 27.9 Å². The van der Waals surface area contributed by atoms with E-state index in [-0.39, 0.29) is 21.8 Å². The fourth-order valence-corrected chi connectivity index (χ4v) is 4.57. The Hall–Kier alpha value is -2.54. The van der Waals surface area contributed by atoms with Crippen molar-refractivity contribution in [1.82, 2.24) is 10.6 Å². The maximum atomic E-state index is 12.4. The van der Waals surface area contributed by atoms with Crippen molar-refractivity contribution in [3.8, 4) is 0 Å². The van der Waals surface area contributed by atoms with Gasteiger partial charge >= 0.3 is 5.97 Å². The number of amides is 2. The second-order valence-corrected chi connectivity index (χ2v) is 11.6. The Morgan fingerprint density at radius 2 is 1.54 bits per heavy atom. The van der Waals surface area contributed by atoms with Gasteiger partial charge in [0.2, 0.25) is 11.8 Å². The van der Waals surface area contributed by atoms with Crippen LogP contribution in [0.25, 0.3) is 0 Å². The summed E-state index contributed by atoms with van der Waals surface area (Å²) in [6, 6.07) is 3.45. The number of hydrogen-bond acceptors (Lipinski definition) is 7. The van der Waals surface area contributed by atoms with E-state index in [1.807, 2.05) is 6.92 Å². The van der Waals surface area contributed by atoms with Gasteiger partial charge in [0.05, 0.1) is 24.0 Å². The number of aliphatic hydroxyl groups is 1. The van der Waals surface area contributed by atoms with E-state index in [9.17, 15) is 27.9 Å². The van der Waals surface area contributed by atoms with Gasteiger partial charge in [0.25, 0.3) is 10.1 Å². The molecular formula is C23H37N3O8S. The molecule has 7 N–H and O–H groups in total. The van der Waals surface area contributed by atoms with E-state index in [0.717, 1.165) is 18.4 Å². The first-order chi connectivity index (χ1) is 15.9. The molecule has 1 aliphatic rings. The number of rotatable bonds is 8. The van der Waals surface area contributed by atoms with Gasteiger partial charge in [-0.25, -0.2) is 0 Å². The molecule has 12 heteroatoms. The van der Waals surface area contributed by atoms with Crippen molar-refractivity contribution in [1.29, 1.82) is 0 Å². The van der Waals surface area contributed by atoms with Crippen molar-refractivity contribution in [2.75, 3.05) is 6.61 Å². The van der Waals surface area contributed by atoms with Gasteiger partial charge in [-0.2, -0.15) is 8.42 Å². The molecule has 198 valence electrons. The lowest BCUT2D eigenvalue weighted by atomic mass is 9.78. The number of hydrogen-bond donors (Lipinski definition) is 6. The molecule has 1 saturated carbocycles. The molecule has 2 rings (SSSR count). The number of aryl methyl sites for hydroxylation is 1. The third kappa shape index (κ3) is 9.21. The maximum Gasteiger partial charge on any atom is 0.305 e. The minimum atomic E-state index is -4.02. The van der Waals surface area contributed by atoms with Gasteiger partial charge in [0, 0.05) is 6.04 Å². The summed E-state index contributed by atoms with van der Waals surface area (Å²) in [5.74, 6) is -2.49. The number of nitrogens with one attached hydrogen (secondary N) is 2. The molecule has 1 aromatic carbocycles. The molecule has 0 bridgehead atoms. The van der Waals surface area contributed by atoms with Crippen LogP contribution in [0, 0.1) is 17.8 Å². The van der Waals surface area contributed by atoms with Gasteiger partial charge in [-0.1, -0.05) is 45.4 Å². The highest BCUT2D eigenvalue weighted by atomic mass is 32.2. The fourth-order valence-electron chi connectivity index (χ4n) is 4.09. The summed E-state index contributed by atoms with van der Waals surface area (Å²) in [5, 5.41) is 23.3. The Morgan fingerprint density at radius 3 is 1.94 bits per heavy atom. The van der Waals surface area contributed by atoms with Crippen LogP contribution in [0.2, 0.25) is 0 Å². The van der Waals surface area contributed by atoms with Gasteiger partial charge in [-0.3, -0.25) is 18.9 Å². The third-order valence-corrected chi connectivity index (χ3v) is 7.00. The van der Waals surface area contributed by atoms with E-state index < -0.39 is 53.0 Å². The molecule has 1 aromatic rings. The second kappa shape index (κ2) is 11.9. The Morgan fingerprint density at radius 1 is 1.06 bits per heavy atom. The Kier molecular flexibility index (Phi) is 10.4. The zero-order valence-corrected chi connectivity index (χ0v) is 21.6. The van der Waals surface area contributed by atoms with Crippen LogP contribution in [0.1, 0.15) is 52.5 Å². The number of benzene rings is 1. The second-order valence-electron chi connectivity index (χ2n) is 10.2. The molecule has 0 radical (unpaired) electrons. The zero-order valence-electron chi connectivity index (χ0n) is 20.7. The number of carbonyl (C=O) groups excluding carboxylic acids is 2. The topological polar surface area (TPSA) is 196 Å². The van der Waals surface area contributed by atoms with Crippen LogP contribution in [0.3, 0.4) is 0 Å². The molecule has 0 heterocycles. The summed E-state index contributed by atoms with van der Waals surface area (Å²) in [6.45, 7) is 9.53. The first kappa shape index (κ1) is 30.5. The van der Waals surface area contributed by atoms with Gasteiger partial charge in [-0.05, 0) is 42.7 Å². The average Bonchev–Trinajstić information content (AvgIpc) is 2.93. The van der Waals surface area contributed by atoms with Crippen LogP contribution in [-0.2, 0) is 24.5 Å². The summed E-state index contributed by atoms with van der Waals surface area (Å²) < 4.78 is 29.6. The number of nitrogens with two attached hydrogens (primary N) is 1. The Balaban J connectivity index is 0.000000462. The average molecular weight is 516 g/mol. The quantitative estimate of drug-likeness (QED) is 0.272. The first-order valence-corrected chi connectivity index (χ1v) is 12.6. The van der Waals surface area contributed by atoms with E-state index in [2.05, 4.69) is 38.3 Å². The zero-order chi connectivity index (χ0) is 27.2. The number of aliphatic carboxylic acids is 1. The molecule has 0 aromatic heterocycles. The van der Waals surface area contributed by atoms with E-state index >= 15 is 0 Å². The highest BCUT2D eigenvalue weighted by molar-refractivity contribution is 7.85. The Labute approximate surface area is 206 Å². The third-order valence-electron chi connectivity index (χ3n) is 6.13. The first-order valence-electron chi connectivity index (χ1n) is 11.1. The molecule has 1 fully saturated rings. The molecule has 0 saturated heterocycles. The van der Waals surface area contributed by atoms with Crippen molar-refractivity contribution in [2.45, 2.75) is 76.9 Å². The monoisotopic (exact) mass is 515 g/mol. The van der Waals surface area contributed by atoms with Gasteiger partial charge in [0.15, 0.2) is 0 Å².